The van der Waals surface area contributed by atoms with Gasteiger partial charge in [0.15, 0.2) is 11.0 Å². The molecule has 1 N–H and O–H groups in total. The fraction of sp³-hybridized carbons (Fsp3) is 0.278. The van der Waals surface area contributed by atoms with Gasteiger partial charge >= 0.3 is 0 Å². The quantitative estimate of drug-likeness (QED) is 0.651. The van der Waals surface area contributed by atoms with Crippen molar-refractivity contribution in [2.24, 2.45) is 7.05 Å². The summed E-state index contributed by atoms with van der Waals surface area (Å²) in [5.74, 6) is 1.36. The molecule has 3 aromatic rings. The fourth-order valence-electron chi connectivity index (χ4n) is 2.44. The van der Waals surface area contributed by atoms with E-state index in [1.165, 1.54) is 11.8 Å². The Bertz CT molecular complexity index is 951. The van der Waals surface area contributed by atoms with E-state index in [2.05, 4.69) is 15.5 Å². The first-order valence-electron chi connectivity index (χ1n) is 8.04. The van der Waals surface area contributed by atoms with Crippen LogP contribution in [-0.2, 0) is 11.8 Å². The summed E-state index contributed by atoms with van der Waals surface area (Å²) in [5.41, 5.74) is 2.55. The largest absolute Gasteiger partial charge is 0.469 e. The van der Waals surface area contributed by atoms with Crippen LogP contribution in [0.3, 0.4) is 0 Å². The summed E-state index contributed by atoms with van der Waals surface area (Å²) in [6, 6.07) is 7.27. The zero-order valence-corrected chi connectivity index (χ0v) is 16.5. The van der Waals surface area contributed by atoms with Crippen LogP contribution in [-0.4, -0.2) is 25.9 Å². The van der Waals surface area contributed by atoms with Crippen LogP contribution < -0.4 is 5.32 Å². The van der Waals surface area contributed by atoms with Crippen LogP contribution in [0.1, 0.15) is 18.2 Å². The maximum atomic E-state index is 12.5. The van der Waals surface area contributed by atoms with Crippen LogP contribution in [0.25, 0.3) is 11.4 Å². The third-order valence-electron chi connectivity index (χ3n) is 4.04. The number of carbonyl (C=O) groups excluding carboxylic acids is 1. The summed E-state index contributed by atoms with van der Waals surface area (Å²) in [5, 5.41) is 12.2. The van der Waals surface area contributed by atoms with Crippen molar-refractivity contribution in [3.05, 3.63) is 46.9 Å². The molecule has 1 aromatic carbocycles. The number of thioether (sulfide) groups is 1. The fourth-order valence-corrected chi connectivity index (χ4v) is 3.43. The van der Waals surface area contributed by atoms with Gasteiger partial charge in [-0.1, -0.05) is 29.4 Å². The van der Waals surface area contributed by atoms with Gasteiger partial charge in [-0.25, -0.2) is 0 Å². The molecule has 0 spiro atoms. The van der Waals surface area contributed by atoms with Crippen LogP contribution >= 0.6 is 23.4 Å². The minimum Gasteiger partial charge on any atom is -0.469 e. The number of aromatic nitrogens is 3. The van der Waals surface area contributed by atoms with Crippen LogP contribution in [0.15, 0.2) is 40.1 Å². The van der Waals surface area contributed by atoms with Gasteiger partial charge in [-0.05, 0) is 44.5 Å². The van der Waals surface area contributed by atoms with Crippen molar-refractivity contribution >= 4 is 35.0 Å². The zero-order chi connectivity index (χ0) is 18.8. The van der Waals surface area contributed by atoms with Crippen molar-refractivity contribution in [1.82, 2.24) is 14.8 Å². The SMILES string of the molecule is Cc1ccc(Cl)cc1NC(=O)C(C)Sc1nnc(-c2ccoc2C)n1C. The lowest BCUT2D eigenvalue weighted by atomic mass is 10.2. The van der Waals surface area contributed by atoms with Crippen molar-refractivity contribution in [3.63, 3.8) is 0 Å². The lowest BCUT2D eigenvalue weighted by Crippen LogP contribution is -2.23. The van der Waals surface area contributed by atoms with Crippen molar-refractivity contribution in [2.45, 2.75) is 31.2 Å². The molecular weight excluding hydrogens is 372 g/mol. The first kappa shape index (κ1) is 18.5. The number of benzene rings is 1. The molecule has 2 heterocycles. The molecule has 0 aliphatic rings. The second kappa shape index (κ2) is 7.55. The van der Waals surface area contributed by atoms with Crippen molar-refractivity contribution in [2.75, 3.05) is 5.32 Å². The molecule has 0 aliphatic carbocycles. The number of amides is 1. The van der Waals surface area contributed by atoms with Crippen molar-refractivity contribution < 1.29 is 9.21 Å². The second-order valence-corrected chi connectivity index (χ2v) is 7.71. The van der Waals surface area contributed by atoms with E-state index in [9.17, 15) is 4.79 Å². The monoisotopic (exact) mass is 390 g/mol. The minimum atomic E-state index is -0.352. The number of nitrogens with zero attached hydrogens (tertiary/aromatic N) is 3. The third kappa shape index (κ3) is 3.78. The Labute approximate surface area is 160 Å². The van der Waals surface area contributed by atoms with Gasteiger partial charge in [0.25, 0.3) is 0 Å². The van der Waals surface area contributed by atoms with Crippen LogP contribution in [0.5, 0.6) is 0 Å². The van der Waals surface area contributed by atoms with Crippen LogP contribution in [0.4, 0.5) is 5.69 Å². The summed E-state index contributed by atoms with van der Waals surface area (Å²) >= 11 is 7.35. The standard InChI is InChI=1S/C18H19ClN4O2S/c1-10-5-6-13(19)9-15(10)20-17(24)12(3)26-18-22-21-16(23(18)4)14-7-8-25-11(14)2/h5-9,12H,1-4H3,(H,20,24). The number of rotatable bonds is 5. The predicted octanol–water partition coefficient (Wildman–Crippen LogP) is 4.46. The molecule has 3 rings (SSSR count). The maximum Gasteiger partial charge on any atom is 0.237 e. The Kier molecular flexibility index (Phi) is 5.38. The molecule has 1 atom stereocenters. The van der Waals surface area contributed by atoms with E-state index in [0.29, 0.717) is 21.7 Å². The number of aryl methyl sites for hydroxylation is 2. The van der Waals surface area contributed by atoms with Crippen molar-refractivity contribution in [1.29, 1.82) is 0 Å². The topological polar surface area (TPSA) is 73.0 Å². The van der Waals surface area contributed by atoms with E-state index in [1.54, 1.807) is 18.4 Å². The van der Waals surface area contributed by atoms with Crippen LogP contribution in [0.2, 0.25) is 5.02 Å². The lowest BCUT2D eigenvalue weighted by molar-refractivity contribution is -0.115. The molecule has 2 aromatic heterocycles. The lowest BCUT2D eigenvalue weighted by Gasteiger charge is -2.13. The highest BCUT2D eigenvalue weighted by atomic mass is 35.5. The highest BCUT2D eigenvalue weighted by molar-refractivity contribution is 8.00. The Morgan fingerprint density at radius 3 is 2.77 bits per heavy atom. The van der Waals surface area contributed by atoms with Gasteiger partial charge in [0, 0.05) is 17.8 Å². The first-order chi connectivity index (χ1) is 12.4. The second-order valence-electron chi connectivity index (χ2n) is 5.96. The molecule has 0 aliphatic heterocycles. The molecule has 26 heavy (non-hydrogen) atoms. The Morgan fingerprint density at radius 2 is 2.08 bits per heavy atom. The van der Waals surface area contributed by atoms with E-state index in [0.717, 1.165) is 16.9 Å². The van der Waals surface area contributed by atoms with E-state index in [-0.39, 0.29) is 11.2 Å². The van der Waals surface area contributed by atoms with E-state index in [4.69, 9.17) is 16.0 Å². The normalized spacial score (nSPS) is 12.2. The number of hydrogen-bond donors (Lipinski definition) is 1. The predicted molar refractivity (Wildman–Crippen MR) is 104 cm³/mol. The molecule has 1 amide bonds. The van der Waals surface area contributed by atoms with Crippen LogP contribution in [0, 0.1) is 13.8 Å². The molecule has 1 unspecified atom stereocenters. The summed E-state index contributed by atoms with van der Waals surface area (Å²) < 4.78 is 7.18. The number of hydrogen-bond acceptors (Lipinski definition) is 5. The average molecular weight is 391 g/mol. The van der Waals surface area contributed by atoms with Gasteiger partial charge in [0.2, 0.25) is 5.91 Å². The number of nitrogens with one attached hydrogen (secondary N) is 1. The molecule has 0 bridgehead atoms. The van der Waals surface area contributed by atoms with Gasteiger partial charge in [-0.15, -0.1) is 10.2 Å². The molecule has 0 saturated heterocycles. The van der Waals surface area contributed by atoms with E-state index in [1.807, 2.05) is 44.5 Å². The zero-order valence-electron chi connectivity index (χ0n) is 14.9. The van der Waals surface area contributed by atoms with E-state index < -0.39 is 0 Å². The number of furan rings is 1. The molecule has 6 nitrogen and oxygen atoms in total. The minimum absolute atomic E-state index is 0.121. The molecule has 0 radical (unpaired) electrons. The third-order valence-corrected chi connectivity index (χ3v) is 5.41. The Balaban J connectivity index is 1.73. The molecule has 136 valence electrons. The van der Waals surface area contributed by atoms with Crippen molar-refractivity contribution in [3.8, 4) is 11.4 Å². The number of halogens is 1. The van der Waals surface area contributed by atoms with E-state index >= 15 is 0 Å². The molecule has 0 fully saturated rings. The molecular formula is C18H19ClN4O2S. The summed E-state index contributed by atoms with van der Waals surface area (Å²) in [4.78, 5) is 12.5. The van der Waals surface area contributed by atoms with Gasteiger partial charge in [-0.3, -0.25) is 4.79 Å². The highest BCUT2D eigenvalue weighted by Gasteiger charge is 2.21. The summed E-state index contributed by atoms with van der Waals surface area (Å²) in [7, 11) is 1.87. The summed E-state index contributed by atoms with van der Waals surface area (Å²) in [6.07, 6.45) is 1.62. The van der Waals surface area contributed by atoms with Gasteiger partial charge < -0.3 is 14.3 Å². The summed E-state index contributed by atoms with van der Waals surface area (Å²) in [6.45, 7) is 5.63. The molecule has 0 saturated carbocycles. The van der Waals surface area contributed by atoms with Gasteiger partial charge in [0.1, 0.15) is 5.76 Å². The first-order valence-corrected chi connectivity index (χ1v) is 9.30. The smallest absolute Gasteiger partial charge is 0.237 e. The average Bonchev–Trinajstić information content (AvgIpc) is 3.17. The Morgan fingerprint density at radius 1 is 1.31 bits per heavy atom. The molecule has 8 heteroatoms. The number of carbonyl (C=O) groups is 1. The highest BCUT2D eigenvalue weighted by Crippen LogP contribution is 2.28. The van der Waals surface area contributed by atoms with Gasteiger partial charge in [-0.2, -0.15) is 0 Å². The Hall–Kier alpha value is -2.25. The van der Waals surface area contributed by atoms with Gasteiger partial charge in [0.05, 0.1) is 17.1 Å². The number of anilines is 1. The maximum absolute atomic E-state index is 12.5.